The first-order valence-electron chi connectivity index (χ1n) is 4.73. The van der Waals surface area contributed by atoms with Crippen molar-refractivity contribution in [1.29, 1.82) is 0 Å². The normalized spacial score (nSPS) is 13.0. The lowest BCUT2D eigenvalue weighted by molar-refractivity contribution is 0.169. The highest BCUT2D eigenvalue weighted by molar-refractivity contribution is 6.28. The third-order valence-corrected chi connectivity index (χ3v) is 2.17. The van der Waals surface area contributed by atoms with Crippen LogP contribution in [0.1, 0.15) is 6.92 Å². The molecule has 0 aliphatic rings. The van der Waals surface area contributed by atoms with Gasteiger partial charge in [-0.05, 0) is 18.5 Å². The Morgan fingerprint density at radius 1 is 1.56 bits per heavy atom. The molecule has 2 rings (SSSR count). The minimum atomic E-state index is -0.483. The molecular formula is C9H11ClN4O2. The van der Waals surface area contributed by atoms with E-state index in [9.17, 15) is 5.11 Å². The fraction of sp³-hybridized carbons (Fsp3) is 0.444. The van der Waals surface area contributed by atoms with E-state index in [2.05, 4.69) is 15.1 Å². The number of fused-ring (bicyclic) bond motifs is 1. The molecule has 1 atom stereocenters. The quantitative estimate of drug-likeness (QED) is 0.809. The molecule has 0 aliphatic heterocycles. The summed E-state index contributed by atoms with van der Waals surface area (Å²) in [4.78, 5) is 7.93. The molecule has 86 valence electrons. The van der Waals surface area contributed by atoms with Crippen molar-refractivity contribution in [2.75, 3.05) is 7.11 Å². The van der Waals surface area contributed by atoms with Crippen molar-refractivity contribution in [2.45, 2.75) is 19.6 Å². The van der Waals surface area contributed by atoms with Gasteiger partial charge in [0.2, 0.25) is 11.2 Å². The summed E-state index contributed by atoms with van der Waals surface area (Å²) in [6.45, 7) is 2.07. The summed E-state index contributed by atoms with van der Waals surface area (Å²) in [7, 11) is 1.49. The van der Waals surface area contributed by atoms with E-state index in [4.69, 9.17) is 16.3 Å². The third kappa shape index (κ3) is 2.07. The van der Waals surface area contributed by atoms with E-state index < -0.39 is 6.10 Å². The molecule has 0 spiro atoms. The van der Waals surface area contributed by atoms with Crippen molar-refractivity contribution in [3.05, 3.63) is 11.5 Å². The third-order valence-electron chi connectivity index (χ3n) is 2.00. The van der Waals surface area contributed by atoms with E-state index in [0.717, 1.165) is 0 Å². The average molecular weight is 243 g/mol. The highest BCUT2D eigenvalue weighted by Gasteiger charge is 2.12. The maximum absolute atomic E-state index is 9.26. The van der Waals surface area contributed by atoms with E-state index in [0.29, 0.717) is 23.5 Å². The van der Waals surface area contributed by atoms with Crippen molar-refractivity contribution < 1.29 is 9.84 Å². The fourth-order valence-electron chi connectivity index (χ4n) is 1.41. The minimum absolute atomic E-state index is 0.112. The molecule has 0 saturated carbocycles. The second-order valence-corrected chi connectivity index (χ2v) is 3.77. The van der Waals surface area contributed by atoms with Crippen LogP contribution in [0.25, 0.3) is 11.0 Å². The van der Waals surface area contributed by atoms with Gasteiger partial charge in [-0.2, -0.15) is 10.1 Å². The van der Waals surface area contributed by atoms with Crippen LogP contribution in [-0.4, -0.2) is 38.1 Å². The van der Waals surface area contributed by atoms with Crippen molar-refractivity contribution >= 4 is 22.6 Å². The molecule has 2 aromatic heterocycles. The highest BCUT2D eigenvalue weighted by atomic mass is 35.5. The second kappa shape index (κ2) is 4.23. The lowest BCUT2D eigenvalue weighted by atomic mass is 10.4. The molecule has 16 heavy (non-hydrogen) atoms. The molecule has 2 aromatic rings. The topological polar surface area (TPSA) is 73.1 Å². The number of aromatic nitrogens is 4. The Morgan fingerprint density at radius 3 is 2.94 bits per heavy atom. The van der Waals surface area contributed by atoms with Gasteiger partial charge in [0.15, 0.2) is 5.52 Å². The molecule has 1 unspecified atom stereocenters. The maximum atomic E-state index is 9.26. The van der Waals surface area contributed by atoms with Crippen LogP contribution in [0, 0.1) is 0 Å². The smallest absolute Gasteiger partial charge is 0.246 e. The molecule has 2 heterocycles. The summed E-state index contributed by atoms with van der Waals surface area (Å²) < 4.78 is 6.64. The summed E-state index contributed by atoms with van der Waals surface area (Å²) in [6, 6.07) is 0. The van der Waals surface area contributed by atoms with Crippen LogP contribution < -0.4 is 4.74 Å². The number of methoxy groups -OCH3 is 1. The number of nitrogens with zero attached hydrogens (tertiary/aromatic N) is 4. The van der Waals surface area contributed by atoms with E-state index in [-0.39, 0.29) is 5.28 Å². The van der Waals surface area contributed by atoms with Crippen LogP contribution in [0.5, 0.6) is 5.88 Å². The summed E-state index contributed by atoms with van der Waals surface area (Å²) in [6.07, 6.45) is 1.21. The molecule has 0 amide bonds. The van der Waals surface area contributed by atoms with Gasteiger partial charge >= 0.3 is 0 Å². The maximum Gasteiger partial charge on any atom is 0.246 e. The van der Waals surface area contributed by atoms with Gasteiger partial charge in [0, 0.05) is 0 Å². The Labute approximate surface area is 96.8 Å². The Morgan fingerprint density at radius 2 is 2.31 bits per heavy atom. The van der Waals surface area contributed by atoms with E-state index >= 15 is 0 Å². The summed E-state index contributed by atoms with van der Waals surface area (Å²) in [5, 5.41) is 13.6. The van der Waals surface area contributed by atoms with Crippen LogP contribution in [-0.2, 0) is 6.54 Å². The minimum Gasteiger partial charge on any atom is -0.479 e. The lowest BCUT2D eigenvalue weighted by Crippen LogP contribution is -2.11. The van der Waals surface area contributed by atoms with Crippen molar-refractivity contribution in [3.63, 3.8) is 0 Å². The van der Waals surface area contributed by atoms with Gasteiger partial charge in [-0.3, -0.25) is 4.68 Å². The fourth-order valence-corrected chi connectivity index (χ4v) is 1.58. The van der Waals surface area contributed by atoms with Gasteiger partial charge in [0.1, 0.15) is 5.52 Å². The molecular weight excluding hydrogens is 232 g/mol. The summed E-state index contributed by atoms with van der Waals surface area (Å²) in [5.41, 5.74) is 1.13. The van der Waals surface area contributed by atoms with Gasteiger partial charge in [-0.1, -0.05) is 0 Å². The Hall–Kier alpha value is -1.40. The summed E-state index contributed by atoms with van der Waals surface area (Å²) in [5.74, 6) is 0.333. The van der Waals surface area contributed by atoms with E-state index in [1.807, 2.05) is 0 Å². The molecule has 0 saturated heterocycles. The van der Waals surface area contributed by atoms with Gasteiger partial charge in [0.05, 0.1) is 26.0 Å². The SMILES string of the molecule is COc1nc(Cl)nc2cn(CC(C)O)nc12. The number of hydrogen-bond acceptors (Lipinski definition) is 5. The molecule has 0 aromatic carbocycles. The first-order valence-corrected chi connectivity index (χ1v) is 5.10. The van der Waals surface area contributed by atoms with Crippen molar-refractivity contribution in [2.24, 2.45) is 0 Å². The van der Waals surface area contributed by atoms with E-state index in [1.165, 1.54) is 7.11 Å². The zero-order chi connectivity index (χ0) is 11.7. The molecule has 6 nitrogen and oxygen atoms in total. The first kappa shape index (κ1) is 11.1. The number of hydrogen-bond donors (Lipinski definition) is 1. The monoisotopic (exact) mass is 242 g/mol. The Bertz CT molecular complexity index is 511. The van der Waals surface area contributed by atoms with Crippen molar-refractivity contribution in [1.82, 2.24) is 19.7 Å². The van der Waals surface area contributed by atoms with Gasteiger partial charge in [-0.15, -0.1) is 0 Å². The second-order valence-electron chi connectivity index (χ2n) is 3.44. The lowest BCUT2D eigenvalue weighted by Gasteiger charge is -2.02. The van der Waals surface area contributed by atoms with Crippen LogP contribution in [0.2, 0.25) is 5.28 Å². The summed E-state index contributed by atoms with van der Waals surface area (Å²) >= 11 is 5.73. The van der Waals surface area contributed by atoms with E-state index in [1.54, 1.807) is 17.8 Å². The van der Waals surface area contributed by atoms with Crippen molar-refractivity contribution in [3.8, 4) is 5.88 Å². The molecule has 1 N–H and O–H groups in total. The van der Waals surface area contributed by atoms with Gasteiger partial charge < -0.3 is 9.84 Å². The van der Waals surface area contributed by atoms with Crippen LogP contribution in [0.4, 0.5) is 0 Å². The molecule has 7 heteroatoms. The predicted octanol–water partition coefficient (Wildman–Crippen LogP) is 0.869. The van der Waals surface area contributed by atoms with Gasteiger partial charge in [0.25, 0.3) is 0 Å². The van der Waals surface area contributed by atoms with Crippen LogP contribution in [0.3, 0.4) is 0 Å². The number of halogens is 1. The van der Waals surface area contributed by atoms with Crippen LogP contribution in [0.15, 0.2) is 6.20 Å². The zero-order valence-corrected chi connectivity index (χ0v) is 9.64. The standard InChI is InChI=1S/C9H11ClN4O2/c1-5(15)3-14-4-6-7(13-14)8(16-2)12-9(10)11-6/h4-5,15H,3H2,1-2H3. The first-order chi connectivity index (χ1) is 7.60. The number of aliphatic hydroxyl groups is 1. The largest absolute Gasteiger partial charge is 0.479 e. The molecule has 0 radical (unpaired) electrons. The molecule has 0 fully saturated rings. The Kier molecular flexibility index (Phi) is 2.93. The molecule has 0 bridgehead atoms. The average Bonchev–Trinajstić information content (AvgIpc) is 2.57. The number of aliphatic hydroxyl groups excluding tert-OH is 1. The molecule has 0 aliphatic carbocycles. The van der Waals surface area contributed by atoms with Crippen LogP contribution >= 0.6 is 11.6 Å². The number of rotatable bonds is 3. The zero-order valence-electron chi connectivity index (χ0n) is 8.88. The van der Waals surface area contributed by atoms with Gasteiger partial charge in [-0.25, -0.2) is 4.98 Å². The highest BCUT2D eigenvalue weighted by Crippen LogP contribution is 2.22. The Balaban J connectivity index is 2.51. The predicted molar refractivity (Wildman–Crippen MR) is 58.6 cm³/mol. The number of ether oxygens (including phenoxy) is 1.